The first-order valence-corrected chi connectivity index (χ1v) is 11.6. The van der Waals surface area contributed by atoms with Crippen molar-refractivity contribution in [2.24, 2.45) is 5.14 Å². The monoisotopic (exact) mass is 420 g/mol. The molecule has 1 saturated heterocycles. The molecule has 0 saturated carbocycles. The number of rotatable bonds is 4. The summed E-state index contributed by atoms with van der Waals surface area (Å²) >= 11 is 0. The Hall–Kier alpha value is -2.45. The van der Waals surface area contributed by atoms with Crippen molar-refractivity contribution in [1.82, 2.24) is 4.31 Å². The van der Waals surface area contributed by atoms with Crippen molar-refractivity contribution in [3.63, 3.8) is 0 Å². The smallest absolute Gasteiger partial charge is 0.243 e. The summed E-state index contributed by atoms with van der Waals surface area (Å²) in [5.41, 5.74) is 1.49. The number of nitrogens with zero attached hydrogens (tertiary/aromatic N) is 3. The molecule has 2 aromatic carbocycles. The van der Waals surface area contributed by atoms with Crippen molar-refractivity contribution in [2.75, 3.05) is 31.1 Å². The Morgan fingerprint density at radius 3 is 2.21 bits per heavy atom. The quantitative estimate of drug-likeness (QED) is 0.790. The summed E-state index contributed by atoms with van der Waals surface area (Å²) in [6.07, 6.45) is 0.619. The largest absolute Gasteiger partial charge is 0.370 e. The van der Waals surface area contributed by atoms with Gasteiger partial charge in [0.2, 0.25) is 20.0 Å². The Bertz CT molecular complexity index is 1110. The highest BCUT2D eigenvalue weighted by molar-refractivity contribution is 7.90. The average Bonchev–Trinajstić information content (AvgIpc) is 2.94. The van der Waals surface area contributed by atoms with E-state index in [4.69, 9.17) is 10.4 Å². The van der Waals surface area contributed by atoms with E-state index in [0.717, 1.165) is 11.8 Å². The van der Waals surface area contributed by atoms with Crippen LogP contribution in [-0.2, 0) is 20.0 Å². The summed E-state index contributed by atoms with van der Waals surface area (Å²) in [4.78, 5) is 1.74. The molecule has 10 heteroatoms. The Kier molecular flexibility index (Phi) is 5.71. The summed E-state index contributed by atoms with van der Waals surface area (Å²) < 4.78 is 50.4. The molecular formula is C18H20N4O4S2. The van der Waals surface area contributed by atoms with Gasteiger partial charge in [-0.3, -0.25) is 0 Å². The molecule has 0 bridgehead atoms. The van der Waals surface area contributed by atoms with E-state index < -0.39 is 20.0 Å². The minimum Gasteiger partial charge on any atom is -0.370 e. The lowest BCUT2D eigenvalue weighted by atomic mass is 10.2. The lowest BCUT2D eigenvalue weighted by molar-refractivity contribution is 0.433. The van der Waals surface area contributed by atoms with E-state index in [0.29, 0.717) is 31.6 Å². The maximum atomic E-state index is 13.0. The van der Waals surface area contributed by atoms with Crippen LogP contribution in [0.25, 0.3) is 0 Å². The number of nitriles is 1. The first-order valence-electron chi connectivity index (χ1n) is 8.60. The predicted molar refractivity (Wildman–Crippen MR) is 105 cm³/mol. The van der Waals surface area contributed by atoms with Gasteiger partial charge in [0, 0.05) is 31.9 Å². The van der Waals surface area contributed by atoms with Crippen LogP contribution in [0.5, 0.6) is 0 Å². The standard InChI is InChI=1S/C18H20N4O4S2/c19-14-15-5-7-16(8-6-15)21-9-2-10-22(12-11-21)28(25,26)18-4-1-3-17(13-18)27(20,23)24/h1,3-8,13H,2,9-12H2,(H2,20,23,24). The lowest BCUT2D eigenvalue weighted by Crippen LogP contribution is -2.35. The van der Waals surface area contributed by atoms with Gasteiger partial charge in [-0.05, 0) is 48.9 Å². The molecule has 0 amide bonds. The molecule has 0 aromatic heterocycles. The first-order chi connectivity index (χ1) is 13.2. The average molecular weight is 421 g/mol. The zero-order chi connectivity index (χ0) is 20.4. The molecule has 8 nitrogen and oxygen atoms in total. The second-order valence-electron chi connectivity index (χ2n) is 6.42. The van der Waals surface area contributed by atoms with Crippen molar-refractivity contribution in [1.29, 1.82) is 5.26 Å². The van der Waals surface area contributed by atoms with Gasteiger partial charge in [0.1, 0.15) is 0 Å². The van der Waals surface area contributed by atoms with Crippen molar-refractivity contribution >= 4 is 25.7 Å². The molecule has 2 aromatic rings. The molecule has 28 heavy (non-hydrogen) atoms. The van der Waals surface area contributed by atoms with Gasteiger partial charge < -0.3 is 4.90 Å². The van der Waals surface area contributed by atoms with Gasteiger partial charge in [0.15, 0.2) is 0 Å². The van der Waals surface area contributed by atoms with E-state index in [2.05, 4.69) is 11.0 Å². The van der Waals surface area contributed by atoms with Gasteiger partial charge in [-0.1, -0.05) is 6.07 Å². The third-order valence-corrected chi connectivity index (χ3v) is 7.39. The molecule has 1 aliphatic rings. The number of benzene rings is 2. The number of sulfonamides is 2. The molecule has 3 rings (SSSR count). The minimum absolute atomic E-state index is 0.0918. The van der Waals surface area contributed by atoms with Gasteiger partial charge in [-0.2, -0.15) is 9.57 Å². The molecule has 0 radical (unpaired) electrons. The van der Waals surface area contributed by atoms with E-state index in [9.17, 15) is 16.8 Å². The number of hydrogen-bond donors (Lipinski definition) is 1. The Balaban J connectivity index is 1.80. The van der Waals surface area contributed by atoms with Crippen LogP contribution in [0.15, 0.2) is 58.3 Å². The topological polar surface area (TPSA) is 125 Å². The zero-order valence-electron chi connectivity index (χ0n) is 15.0. The Morgan fingerprint density at radius 2 is 1.57 bits per heavy atom. The highest BCUT2D eigenvalue weighted by atomic mass is 32.2. The van der Waals surface area contributed by atoms with Crippen LogP contribution < -0.4 is 10.0 Å². The van der Waals surface area contributed by atoms with Crippen LogP contribution >= 0.6 is 0 Å². The van der Waals surface area contributed by atoms with Gasteiger partial charge in [-0.25, -0.2) is 22.0 Å². The lowest BCUT2D eigenvalue weighted by Gasteiger charge is -2.23. The molecule has 0 aliphatic carbocycles. The van der Waals surface area contributed by atoms with Crippen molar-refractivity contribution < 1.29 is 16.8 Å². The second kappa shape index (κ2) is 7.89. The third-order valence-electron chi connectivity index (χ3n) is 4.59. The highest BCUT2D eigenvalue weighted by Gasteiger charge is 2.28. The van der Waals surface area contributed by atoms with Crippen molar-refractivity contribution in [2.45, 2.75) is 16.2 Å². The molecule has 0 unspecified atom stereocenters. The minimum atomic E-state index is -3.99. The van der Waals surface area contributed by atoms with Crippen LogP contribution in [0.1, 0.15) is 12.0 Å². The molecule has 0 atom stereocenters. The summed E-state index contributed by atoms with van der Waals surface area (Å²) in [6.45, 7) is 1.76. The highest BCUT2D eigenvalue weighted by Crippen LogP contribution is 2.22. The fourth-order valence-corrected chi connectivity index (χ4v) is 5.25. The fraction of sp³-hybridized carbons (Fsp3) is 0.278. The van der Waals surface area contributed by atoms with E-state index >= 15 is 0 Å². The molecule has 2 N–H and O–H groups in total. The van der Waals surface area contributed by atoms with Crippen LogP contribution in [0, 0.1) is 11.3 Å². The SMILES string of the molecule is N#Cc1ccc(N2CCCN(S(=O)(=O)c3cccc(S(N)(=O)=O)c3)CC2)cc1. The van der Waals surface area contributed by atoms with Crippen molar-refractivity contribution in [3.05, 3.63) is 54.1 Å². The molecule has 1 heterocycles. The van der Waals surface area contributed by atoms with Gasteiger partial charge >= 0.3 is 0 Å². The Labute approximate surface area is 164 Å². The van der Waals surface area contributed by atoms with Crippen LogP contribution in [0.3, 0.4) is 0 Å². The molecule has 148 valence electrons. The van der Waals surface area contributed by atoms with Crippen LogP contribution in [-0.4, -0.2) is 47.3 Å². The van der Waals surface area contributed by atoms with Gasteiger partial charge in [0.05, 0.1) is 21.4 Å². The van der Waals surface area contributed by atoms with Crippen molar-refractivity contribution in [3.8, 4) is 6.07 Å². The molecule has 1 aliphatic heterocycles. The van der Waals surface area contributed by atoms with Gasteiger partial charge in [-0.15, -0.1) is 0 Å². The van der Waals surface area contributed by atoms with Gasteiger partial charge in [0.25, 0.3) is 0 Å². The fourth-order valence-electron chi connectivity index (χ4n) is 3.10. The van der Waals surface area contributed by atoms with Crippen LogP contribution in [0.4, 0.5) is 5.69 Å². The van der Waals surface area contributed by atoms with E-state index in [1.54, 1.807) is 12.1 Å². The first kappa shape index (κ1) is 20.3. The third kappa shape index (κ3) is 4.34. The number of hydrogen-bond acceptors (Lipinski definition) is 6. The molecular weight excluding hydrogens is 400 g/mol. The Morgan fingerprint density at radius 1 is 0.893 bits per heavy atom. The summed E-state index contributed by atoms with van der Waals surface area (Å²) in [6, 6.07) is 14.3. The normalized spacial score (nSPS) is 16.4. The number of primary sulfonamides is 1. The second-order valence-corrected chi connectivity index (χ2v) is 9.92. The van der Waals surface area contributed by atoms with E-state index in [1.807, 2.05) is 12.1 Å². The van der Waals surface area contributed by atoms with Crippen LogP contribution in [0.2, 0.25) is 0 Å². The summed E-state index contributed by atoms with van der Waals surface area (Å²) in [7, 11) is -7.83. The molecule has 1 fully saturated rings. The predicted octanol–water partition coefficient (Wildman–Crippen LogP) is 1.11. The summed E-state index contributed by atoms with van der Waals surface area (Å²) in [5.74, 6) is 0. The number of nitrogens with two attached hydrogens (primary N) is 1. The molecule has 0 spiro atoms. The van der Waals surface area contributed by atoms with E-state index in [1.165, 1.54) is 22.5 Å². The maximum Gasteiger partial charge on any atom is 0.243 e. The summed E-state index contributed by atoms with van der Waals surface area (Å²) in [5, 5.41) is 14.0. The van der Waals surface area contributed by atoms with E-state index in [-0.39, 0.29) is 16.3 Å². The number of anilines is 1. The maximum absolute atomic E-state index is 13.0. The zero-order valence-corrected chi connectivity index (χ0v) is 16.7.